The van der Waals surface area contributed by atoms with Crippen molar-refractivity contribution in [2.45, 2.75) is 38.7 Å². The molecule has 0 radical (unpaired) electrons. The smallest absolute Gasteiger partial charge is 0.0826 e. The predicted octanol–water partition coefficient (Wildman–Crippen LogP) is 3.25. The summed E-state index contributed by atoms with van der Waals surface area (Å²) >= 11 is 0. The van der Waals surface area contributed by atoms with Crippen LogP contribution in [0.15, 0.2) is 24.3 Å². The summed E-state index contributed by atoms with van der Waals surface area (Å²) in [5.74, 6) is 0.989. The first-order chi connectivity index (χ1) is 6.79. The van der Waals surface area contributed by atoms with Gasteiger partial charge in [-0.2, -0.15) is 0 Å². The molecule has 0 amide bonds. The lowest BCUT2D eigenvalue weighted by atomic mass is 9.87. The molecule has 0 saturated heterocycles. The van der Waals surface area contributed by atoms with Crippen molar-refractivity contribution in [2.75, 3.05) is 0 Å². The molecule has 1 aliphatic rings. The van der Waals surface area contributed by atoms with Crippen molar-refractivity contribution in [3.05, 3.63) is 35.4 Å². The molecule has 0 heterocycles. The Hall–Kier alpha value is -0.820. The molecule has 1 aromatic carbocycles. The van der Waals surface area contributed by atoms with E-state index in [2.05, 4.69) is 32.0 Å². The van der Waals surface area contributed by atoms with Gasteiger partial charge in [0, 0.05) is 0 Å². The number of aliphatic hydroxyl groups excluding tert-OH is 1. The molecule has 0 aliphatic heterocycles. The molecule has 3 atom stereocenters. The number of hydrogen-bond donors (Lipinski definition) is 1. The fraction of sp³-hybridized carbons (Fsp3) is 0.538. The van der Waals surface area contributed by atoms with E-state index in [4.69, 9.17) is 0 Å². The van der Waals surface area contributed by atoms with Gasteiger partial charge in [0.1, 0.15) is 0 Å². The van der Waals surface area contributed by atoms with Crippen LogP contribution in [0.4, 0.5) is 0 Å². The highest BCUT2D eigenvalue weighted by atomic mass is 16.3. The van der Waals surface area contributed by atoms with Crippen LogP contribution in [0.25, 0.3) is 0 Å². The number of benzene rings is 1. The van der Waals surface area contributed by atoms with E-state index in [1.165, 1.54) is 5.56 Å². The molecular formula is C13H18O. The number of fused-ring (bicyclic) bond motifs is 1. The Morgan fingerprint density at radius 1 is 1.07 bits per heavy atom. The maximum atomic E-state index is 10.1. The van der Waals surface area contributed by atoms with Crippen molar-refractivity contribution >= 4 is 0 Å². The standard InChI is InChI=1S/C13H18O/c1-3-9-10(4-2)13(14)12-8-6-5-7-11(9)12/h5-10,13-14H,3-4H2,1-2H3. The number of hydrogen-bond acceptors (Lipinski definition) is 1. The third-order valence-electron chi connectivity index (χ3n) is 3.55. The second-order valence-corrected chi connectivity index (χ2v) is 4.16. The van der Waals surface area contributed by atoms with E-state index in [0.29, 0.717) is 11.8 Å². The van der Waals surface area contributed by atoms with Gasteiger partial charge in [-0.3, -0.25) is 0 Å². The normalized spacial score (nSPS) is 30.4. The zero-order valence-electron chi connectivity index (χ0n) is 8.90. The summed E-state index contributed by atoms with van der Waals surface area (Å²) < 4.78 is 0. The zero-order chi connectivity index (χ0) is 10.1. The highest BCUT2D eigenvalue weighted by Gasteiger charge is 2.36. The minimum absolute atomic E-state index is 0.235. The third kappa shape index (κ3) is 1.27. The highest BCUT2D eigenvalue weighted by molar-refractivity contribution is 5.38. The van der Waals surface area contributed by atoms with Crippen LogP contribution in [0.2, 0.25) is 0 Å². The topological polar surface area (TPSA) is 20.2 Å². The van der Waals surface area contributed by atoms with Gasteiger partial charge in [0.2, 0.25) is 0 Å². The maximum absolute atomic E-state index is 10.1. The Labute approximate surface area is 85.8 Å². The van der Waals surface area contributed by atoms with Gasteiger partial charge < -0.3 is 5.11 Å². The summed E-state index contributed by atoms with van der Waals surface area (Å²) in [7, 11) is 0. The lowest BCUT2D eigenvalue weighted by Gasteiger charge is -2.19. The van der Waals surface area contributed by atoms with Crippen molar-refractivity contribution in [3.63, 3.8) is 0 Å². The van der Waals surface area contributed by atoms with Crippen LogP contribution in [-0.2, 0) is 0 Å². The second-order valence-electron chi connectivity index (χ2n) is 4.16. The van der Waals surface area contributed by atoms with E-state index in [0.717, 1.165) is 18.4 Å². The molecule has 1 heteroatoms. The van der Waals surface area contributed by atoms with Crippen LogP contribution in [-0.4, -0.2) is 5.11 Å². The Bertz CT molecular complexity index is 319. The minimum Gasteiger partial charge on any atom is -0.388 e. The van der Waals surface area contributed by atoms with Crippen molar-refractivity contribution in [2.24, 2.45) is 5.92 Å². The third-order valence-corrected chi connectivity index (χ3v) is 3.55. The Morgan fingerprint density at radius 3 is 2.29 bits per heavy atom. The fourth-order valence-corrected chi connectivity index (χ4v) is 2.83. The Balaban J connectivity index is 2.43. The summed E-state index contributed by atoms with van der Waals surface area (Å²) in [6.45, 7) is 4.38. The molecule has 0 saturated carbocycles. The molecule has 1 nitrogen and oxygen atoms in total. The lowest BCUT2D eigenvalue weighted by Crippen LogP contribution is -2.10. The molecule has 2 rings (SSSR count). The Kier molecular flexibility index (Phi) is 2.60. The maximum Gasteiger partial charge on any atom is 0.0826 e. The van der Waals surface area contributed by atoms with E-state index in [1.807, 2.05) is 6.07 Å². The van der Waals surface area contributed by atoms with Crippen molar-refractivity contribution in [3.8, 4) is 0 Å². The van der Waals surface area contributed by atoms with Gasteiger partial charge in [0.05, 0.1) is 6.10 Å². The zero-order valence-corrected chi connectivity index (χ0v) is 8.90. The molecule has 1 aromatic rings. The van der Waals surface area contributed by atoms with E-state index in [-0.39, 0.29) is 6.10 Å². The average Bonchev–Trinajstić information content (AvgIpc) is 2.51. The largest absolute Gasteiger partial charge is 0.388 e. The first-order valence-corrected chi connectivity index (χ1v) is 5.56. The van der Waals surface area contributed by atoms with Crippen molar-refractivity contribution < 1.29 is 5.11 Å². The molecule has 14 heavy (non-hydrogen) atoms. The molecular weight excluding hydrogens is 172 g/mol. The van der Waals surface area contributed by atoms with E-state index < -0.39 is 0 Å². The molecule has 0 fully saturated rings. The van der Waals surface area contributed by atoms with Gasteiger partial charge in [-0.1, -0.05) is 38.1 Å². The number of rotatable bonds is 2. The first kappa shape index (κ1) is 9.72. The average molecular weight is 190 g/mol. The summed E-state index contributed by atoms with van der Waals surface area (Å²) in [5.41, 5.74) is 2.53. The Morgan fingerprint density at radius 2 is 1.71 bits per heavy atom. The molecule has 1 N–H and O–H groups in total. The van der Waals surface area contributed by atoms with E-state index >= 15 is 0 Å². The molecule has 3 unspecified atom stereocenters. The van der Waals surface area contributed by atoms with Gasteiger partial charge in [-0.15, -0.1) is 0 Å². The van der Waals surface area contributed by atoms with Crippen LogP contribution in [0.5, 0.6) is 0 Å². The fourth-order valence-electron chi connectivity index (χ4n) is 2.83. The summed E-state index contributed by atoms with van der Waals surface area (Å²) in [4.78, 5) is 0. The minimum atomic E-state index is -0.235. The summed E-state index contributed by atoms with van der Waals surface area (Å²) in [6.07, 6.45) is 1.96. The molecule has 1 aliphatic carbocycles. The quantitative estimate of drug-likeness (QED) is 0.759. The summed E-state index contributed by atoms with van der Waals surface area (Å²) in [5, 5.41) is 10.1. The van der Waals surface area contributed by atoms with Gasteiger partial charge in [-0.25, -0.2) is 0 Å². The van der Waals surface area contributed by atoms with Crippen LogP contribution >= 0.6 is 0 Å². The van der Waals surface area contributed by atoms with Gasteiger partial charge >= 0.3 is 0 Å². The first-order valence-electron chi connectivity index (χ1n) is 5.56. The van der Waals surface area contributed by atoms with E-state index in [1.54, 1.807) is 0 Å². The summed E-state index contributed by atoms with van der Waals surface area (Å²) in [6, 6.07) is 8.33. The van der Waals surface area contributed by atoms with Crippen LogP contribution in [0.1, 0.15) is 49.8 Å². The molecule has 0 spiro atoms. The highest BCUT2D eigenvalue weighted by Crippen LogP contribution is 2.47. The SMILES string of the molecule is CCC1c2ccccc2C(O)C1CC. The van der Waals surface area contributed by atoms with Crippen LogP contribution < -0.4 is 0 Å². The van der Waals surface area contributed by atoms with Gasteiger partial charge in [0.15, 0.2) is 0 Å². The van der Waals surface area contributed by atoms with Crippen LogP contribution in [0.3, 0.4) is 0 Å². The second kappa shape index (κ2) is 3.74. The monoisotopic (exact) mass is 190 g/mol. The predicted molar refractivity (Wildman–Crippen MR) is 58.2 cm³/mol. The van der Waals surface area contributed by atoms with Crippen LogP contribution in [0, 0.1) is 5.92 Å². The lowest BCUT2D eigenvalue weighted by molar-refractivity contribution is 0.107. The molecule has 0 bridgehead atoms. The van der Waals surface area contributed by atoms with Crippen molar-refractivity contribution in [1.82, 2.24) is 0 Å². The molecule has 0 aromatic heterocycles. The van der Waals surface area contributed by atoms with Gasteiger partial charge in [0.25, 0.3) is 0 Å². The number of aliphatic hydroxyl groups is 1. The van der Waals surface area contributed by atoms with E-state index in [9.17, 15) is 5.11 Å². The van der Waals surface area contributed by atoms with Crippen molar-refractivity contribution in [1.29, 1.82) is 0 Å². The van der Waals surface area contributed by atoms with Gasteiger partial charge in [-0.05, 0) is 35.8 Å². The molecule has 76 valence electrons.